The van der Waals surface area contributed by atoms with Gasteiger partial charge in [0.1, 0.15) is 0 Å². The first-order chi connectivity index (χ1) is 5.79. The molecule has 1 rings (SSSR count). The summed E-state index contributed by atoms with van der Waals surface area (Å²) in [6.07, 6.45) is 13.8. The third kappa shape index (κ3) is 3.75. The molecule has 0 saturated heterocycles. The Kier molecular flexibility index (Phi) is 4.13. The van der Waals surface area contributed by atoms with E-state index in [4.69, 9.17) is 0 Å². The van der Waals surface area contributed by atoms with Crippen LogP contribution in [0.2, 0.25) is 0 Å². The minimum atomic E-state index is 0.870. The van der Waals surface area contributed by atoms with E-state index in [-0.39, 0.29) is 0 Å². The molecule has 0 radical (unpaired) electrons. The molecule has 0 spiro atoms. The molecule has 1 aliphatic carbocycles. The number of allylic oxidation sites excluding steroid dienone is 4. The van der Waals surface area contributed by atoms with Crippen LogP contribution in [0.4, 0.5) is 0 Å². The van der Waals surface area contributed by atoms with Crippen molar-refractivity contribution in [3.05, 3.63) is 23.8 Å². The minimum Gasteiger partial charge on any atom is -0.0883 e. The second-order valence-electron chi connectivity index (χ2n) is 3.98. The van der Waals surface area contributed by atoms with Crippen LogP contribution >= 0.6 is 0 Å². The van der Waals surface area contributed by atoms with Crippen molar-refractivity contribution >= 4 is 0 Å². The normalized spacial score (nSPS) is 22.3. The summed E-state index contributed by atoms with van der Waals surface area (Å²) in [7, 11) is 0. The van der Waals surface area contributed by atoms with Crippen molar-refractivity contribution in [2.24, 2.45) is 5.92 Å². The minimum absolute atomic E-state index is 0.870. The van der Waals surface area contributed by atoms with E-state index >= 15 is 0 Å². The zero-order valence-corrected chi connectivity index (χ0v) is 8.34. The second kappa shape index (κ2) is 5.18. The van der Waals surface area contributed by atoms with Crippen LogP contribution in [0.5, 0.6) is 0 Å². The third-order valence-corrected chi connectivity index (χ3v) is 2.44. The number of hydrogen-bond acceptors (Lipinski definition) is 0. The van der Waals surface area contributed by atoms with Crippen LogP contribution < -0.4 is 0 Å². The van der Waals surface area contributed by atoms with E-state index in [1.165, 1.54) is 37.7 Å². The van der Waals surface area contributed by atoms with Gasteiger partial charge in [0.2, 0.25) is 0 Å². The molecule has 1 atom stereocenters. The molecule has 0 heteroatoms. The summed E-state index contributed by atoms with van der Waals surface area (Å²) in [5.41, 5.74) is 1.45. The Morgan fingerprint density at radius 3 is 2.92 bits per heavy atom. The molecular weight excluding hydrogens is 144 g/mol. The van der Waals surface area contributed by atoms with Crippen LogP contribution in [0.25, 0.3) is 0 Å². The smallest absolute Gasteiger partial charge is 0.0230 e. The van der Waals surface area contributed by atoms with E-state index in [1.54, 1.807) is 0 Å². The van der Waals surface area contributed by atoms with Gasteiger partial charge < -0.3 is 0 Å². The highest BCUT2D eigenvalue weighted by Gasteiger charge is 2.06. The molecule has 0 aromatic heterocycles. The molecule has 0 fully saturated rings. The zero-order valence-electron chi connectivity index (χ0n) is 8.34. The third-order valence-electron chi connectivity index (χ3n) is 2.44. The summed E-state index contributed by atoms with van der Waals surface area (Å²) in [6, 6.07) is 0. The van der Waals surface area contributed by atoms with Crippen LogP contribution in [-0.2, 0) is 0 Å². The molecule has 0 aliphatic heterocycles. The van der Waals surface area contributed by atoms with Gasteiger partial charge in [-0.2, -0.15) is 0 Å². The summed E-state index contributed by atoms with van der Waals surface area (Å²) in [6.45, 7) is 4.35. The van der Waals surface area contributed by atoms with Gasteiger partial charge in [0.05, 0.1) is 0 Å². The van der Waals surface area contributed by atoms with E-state index in [2.05, 4.69) is 32.1 Å². The van der Waals surface area contributed by atoms with Crippen molar-refractivity contribution in [1.82, 2.24) is 0 Å². The van der Waals surface area contributed by atoms with Crippen LogP contribution in [0.3, 0.4) is 0 Å². The largest absolute Gasteiger partial charge is 0.0883 e. The van der Waals surface area contributed by atoms with Gasteiger partial charge >= 0.3 is 0 Å². The maximum Gasteiger partial charge on any atom is -0.0230 e. The molecule has 0 bridgehead atoms. The Morgan fingerprint density at radius 1 is 1.50 bits per heavy atom. The predicted molar refractivity (Wildman–Crippen MR) is 55.1 cm³/mol. The quantitative estimate of drug-likeness (QED) is 0.551. The molecule has 0 saturated carbocycles. The van der Waals surface area contributed by atoms with Gasteiger partial charge in [0.25, 0.3) is 0 Å². The lowest BCUT2D eigenvalue weighted by Gasteiger charge is -2.14. The van der Waals surface area contributed by atoms with Gasteiger partial charge in [-0.1, -0.05) is 23.8 Å². The van der Waals surface area contributed by atoms with E-state index in [9.17, 15) is 0 Å². The van der Waals surface area contributed by atoms with Crippen molar-refractivity contribution in [3.8, 4) is 0 Å². The Morgan fingerprint density at radius 2 is 2.33 bits per heavy atom. The van der Waals surface area contributed by atoms with E-state index in [1.807, 2.05) is 0 Å². The fourth-order valence-electron chi connectivity index (χ4n) is 1.71. The lowest BCUT2D eigenvalue weighted by molar-refractivity contribution is 0.509. The van der Waals surface area contributed by atoms with Crippen molar-refractivity contribution in [2.75, 3.05) is 0 Å². The summed E-state index contributed by atoms with van der Waals surface area (Å²) in [4.78, 5) is 0. The fourth-order valence-corrected chi connectivity index (χ4v) is 1.71. The van der Waals surface area contributed by atoms with Gasteiger partial charge in [0.15, 0.2) is 0 Å². The average Bonchev–Trinajstić information content (AvgIpc) is 2.05. The van der Waals surface area contributed by atoms with Crippen molar-refractivity contribution in [1.29, 1.82) is 0 Å². The van der Waals surface area contributed by atoms with Crippen molar-refractivity contribution in [2.45, 2.75) is 46.0 Å². The molecule has 68 valence electrons. The van der Waals surface area contributed by atoms with Crippen molar-refractivity contribution in [3.63, 3.8) is 0 Å². The molecule has 1 unspecified atom stereocenters. The van der Waals surface area contributed by atoms with Gasteiger partial charge in [-0.15, -0.1) is 0 Å². The molecule has 0 nitrogen and oxygen atoms in total. The predicted octanol–water partition coefficient (Wildman–Crippen LogP) is 4.09. The summed E-state index contributed by atoms with van der Waals surface area (Å²) < 4.78 is 0. The molecule has 0 aromatic carbocycles. The number of rotatable bonds is 3. The topological polar surface area (TPSA) is 0 Å². The molecular formula is C12H20. The highest BCUT2D eigenvalue weighted by molar-refractivity contribution is 4.97. The SMILES string of the molecule is CC(C)=CCCC1C=CCCC1. The van der Waals surface area contributed by atoms with Gasteiger partial charge in [-0.05, 0) is 51.9 Å². The Labute approximate surface area is 76.4 Å². The fraction of sp³-hybridized carbons (Fsp3) is 0.667. The molecule has 0 N–H and O–H groups in total. The molecule has 0 aromatic rings. The Bertz CT molecular complexity index is 170. The Balaban J connectivity index is 2.18. The van der Waals surface area contributed by atoms with E-state index in [0.717, 1.165) is 5.92 Å². The first-order valence-corrected chi connectivity index (χ1v) is 5.09. The lowest BCUT2D eigenvalue weighted by atomic mass is 9.92. The summed E-state index contributed by atoms with van der Waals surface area (Å²) >= 11 is 0. The zero-order chi connectivity index (χ0) is 8.81. The highest BCUT2D eigenvalue weighted by atomic mass is 14.1. The van der Waals surface area contributed by atoms with E-state index in [0.29, 0.717) is 0 Å². The lowest BCUT2D eigenvalue weighted by Crippen LogP contribution is -1.99. The standard InChI is InChI=1S/C12H20/c1-11(2)7-6-10-12-8-4-3-5-9-12/h4,7-8,12H,3,5-6,9-10H2,1-2H3. The molecule has 0 heterocycles. The van der Waals surface area contributed by atoms with Gasteiger partial charge in [-0.25, -0.2) is 0 Å². The van der Waals surface area contributed by atoms with Gasteiger partial charge in [0, 0.05) is 0 Å². The average molecular weight is 164 g/mol. The van der Waals surface area contributed by atoms with Crippen LogP contribution in [-0.4, -0.2) is 0 Å². The maximum absolute atomic E-state index is 2.41. The Hall–Kier alpha value is -0.520. The van der Waals surface area contributed by atoms with Crippen molar-refractivity contribution < 1.29 is 0 Å². The summed E-state index contributed by atoms with van der Waals surface area (Å²) in [5, 5.41) is 0. The van der Waals surface area contributed by atoms with E-state index < -0.39 is 0 Å². The maximum atomic E-state index is 2.41. The monoisotopic (exact) mass is 164 g/mol. The number of hydrogen-bond donors (Lipinski definition) is 0. The highest BCUT2D eigenvalue weighted by Crippen LogP contribution is 2.21. The van der Waals surface area contributed by atoms with Crippen LogP contribution in [0.15, 0.2) is 23.8 Å². The van der Waals surface area contributed by atoms with Crippen LogP contribution in [0, 0.1) is 5.92 Å². The van der Waals surface area contributed by atoms with Gasteiger partial charge in [-0.3, -0.25) is 0 Å². The second-order valence-corrected chi connectivity index (χ2v) is 3.98. The first kappa shape index (κ1) is 9.57. The molecule has 12 heavy (non-hydrogen) atoms. The molecule has 1 aliphatic rings. The van der Waals surface area contributed by atoms with Crippen LogP contribution in [0.1, 0.15) is 46.0 Å². The molecule has 0 amide bonds. The summed E-state index contributed by atoms with van der Waals surface area (Å²) in [5.74, 6) is 0.870. The first-order valence-electron chi connectivity index (χ1n) is 5.09.